The number of nitrogens with zero attached hydrogens (tertiary/aromatic N) is 1. The van der Waals surface area contributed by atoms with Crippen molar-refractivity contribution in [2.45, 2.75) is 12.8 Å². The van der Waals surface area contributed by atoms with Crippen molar-refractivity contribution in [3.63, 3.8) is 0 Å². The minimum Gasteiger partial charge on any atom is -0.549 e. The lowest BCUT2D eigenvalue weighted by Gasteiger charge is -2.10. The molecule has 0 saturated heterocycles. The lowest BCUT2D eigenvalue weighted by Crippen LogP contribution is -2.29. The van der Waals surface area contributed by atoms with Gasteiger partial charge < -0.3 is 15.6 Å². The zero-order chi connectivity index (χ0) is 10.0. The van der Waals surface area contributed by atoms with Gasteiger partial charge in [-0.1, -0.05) is 6.92 Å². The van der Waals surface area contributed by atoms with E-state index < -0.39 is 17.4 Å². The summed E-state index contributed by atoms with van der Waals surface area (Å²) in [5, 5.41) is 10.4. The number of carbonyl (C=O) groups is 1. The number of aliphatic carboxylic acids is 1. The van der Waals surface area contributed by atoms with E-state index in [4.69, 9.17) is 5.73 Å². The van der Waals surface area contributed by atoms with Gasteiger partial charge in [-0.05, 0) is 0 Å². The Kier molecular flexibility index (Phi) is 2.32. The lowest BCUT2D eigenvalue weighted by atomic mass is 10.1. The minimum absolute atomic E-state index is 0.0984. The van der Waals surface area contributed by atoms with E-state index in [0.717, 1.165) is 6.07 Å². The molecule has 1 rings (SSSR count). The van der Waals surface area contributed by atoms with E-state index in [-0.39, 0.29) is 11.6 Å². The Labute approximate surface area is 73.4 Å². The van der Waals surface area contributed by atoms with Gasteiger partial charge in [-0.15, -0.1) is 0 Å². The number of nitrogens with one attached hydrogen (secondary N) is 1. The SMILES string of the molecule is CC(C(=O)[O-])c1cc(=O)[nH]c(N)n1. The summed E-state index contributed by atoms with van der Waals surface area (Å²) in [5.74, 6) is -2.34. The number of nitrogens with two attached hydrogens (primary N) is 1. The van der Waals surface area contributed by atoms with Gasteiger partial charge in [-0.3, -0.25) is 9.78 Å². The van der Waals surface area contributed by atoms with Crippen LogP contribution in [0.3, 0.4) is 0 Å². The van der Waals surface area contributed by atoms with Gasteiger partial charge in [0, 0.05) is 12.0 Å². The lowest BCUT2D eigenvalue weighted by molar-refractivity contribution is -0.307. The van der Waals surface area contributed by atoms with E-state index in [1.807, 2.05) is 0 Å². The van der Waals surface area contributed by atoms with E-state index >= 15 is 0 Å². The van der Waals surface area contributed by atoms with E-state index in [0.29, 0.717) is 0 Å². The summed E-state index contributed by atoms with van der Waals surface area (Å²) in [7, 11) is 0. The maximum atomic E-state index is 10.8. The Bertz CT molecular complexity index is 385. The summed E-state index contributed by atoms with van der Waals surface area (Å²) in [6.07, 6.45) is 0. The van der Waals surface area contributed by atoms with E-state index in [1.54, 1.807) is 0 Å². The average molecular weight is 182 g/mol. The summed E-state index contributed by atoms with van der Waals surface area (Å²) in [4.78, 5) is 27.1. The molecule has 0 saturated carbocycles. The van der Waals surface area contributed by atoms with Crippen molar-refractivity contribution in [3.05, 3.63) is 22.1 Å². The summed E-state index contributed by atoms with van der Waals surface area (Å²) in [6.45, 7) is 1.37. The van der Waals surface area contributed by atoms with Gasteiger partial charge in [0.15, 0.2) is 0 Å². The van der Waals surface area contributed by atoms with Gasteiger partial charge in [0.2, 0.25) is 5.95 Å². The number of aromatic amines is 1. The first-order chi connectivity index (χ1) is 6.00. The molecule has 1 aromatic rings. The van der Waals surface area contributed by atoms with Crippen LogP contribution in [-0.4, -0.2) is 15.9 Å². The summed E-state index contributed by atoms with van der Waals surface area (Å²) in [6, 6.07) is 1.08. The third-order valence-electron chi connectivity index (χ3n) is 1.58. The van der Waals surface area contributed by atoms with Crippen LogP contribution in [0.2, 0.25) is 0 Å². The molecule has 0 aliphatic rings. The van der Waals surface area contributed by atoms with Crippen LogP contribution >= 0.6 is 0 Å². The molecule has 0 bridgehead atoms. The van der Waals surface area contributed by atoms with Crippen LogP contribution in [0.15, 0.2) is 10.9 Å². The third kappa shape index (κ3) is 2.05. The summed E-state index contributed by atoms with van der Waals surface area (Å²) >= 11 is 0. The maximum absolute atomic E-state index is 10.8. The molecule has 0 aromatic carbocycles. The number of carbonyl (C=O) groups excluding carboxylic acids is 1. The largest absolute Gasteiger partial charge is 0.549 e. The average Bonchev–Trinajstić information content (AvgIpc) is 2.01. The zero-order valence-corrected chi connectivity index (χ0v) is 6.90. The normalized spacial score (nSPS) is 12.4. The molecule has 70 valence electrons. The first kappa shape index (κ1) is 9.24. The highest BCUT2D eigenvalue weighted by molar-refractivity contribution is 5.72. The van der Waals surface area contributed by atoms with Gasteiger partial charge in [0.05, 0.1) is 11.7 Å². The molecule has 0 amide bonds. The number of carboxylic acids is 1. The molecule has 13 heavy (non-hydrogen) atoms. The predicted molar refractivity (Wildman–Crippen MR) is 42.7 cm³/mol. The second kappa shape index (κ2) is 3.26. The van der Waals surface area contributed by atoms with Crippen molar-refractivity contribution in [2.75, 3.05) is 5.73 Å². The van der Waals surface area contributed by atoms with E-state index in [2.05, 4.69) is 9.97 Å². The van der Waals surface area contributed by atoms with Crippen LogP contribution < -0.4 is 16.4 Å². The molecular formula is C7H8N3O3-. The van der Waals surface area contributed by atoms with Crippen LogP contribution in [-0.2, 0) is 4.79 Å². The fourth-order valence-corrected chi connectivity index (χ4v) is 0.839. The molecule has 0 aliphatic heterocycles. The van der Waals surface area contributed by atoms with Crippen molar-refractivity contribution in [2.24, 2.45) is 0 Å². The molecule has 1 unspecified atom stereocenters. The minimum atomic E-state index is -1.29. The summed E-state index contributed by atoms with van der Waals surface area (Å²) < 4.78 is 0. The topological polar surface area (TPSA) is 112 Å². The quantitative estimate of drug-likeness (QED) is 0.560. The third-order valence-corrected chi connectivity index (χ3v) is 1.58. The molecule has 6 nitrogen and oxygen atoms in total. The van der Waals surface area contributed by atoms with Crippen molar-refractivity contribution in [3.8, 4) is 0 Å². The molecule has 0 aliphatic carbocycles. The number of carboxylic acid groups (broad SMARTS) is 1. The molecular weight excluding hydrogens is 174 g/mol. The highest BCUT2D eigenvalue weighted by Gasteiger charge is 2.09. The molecule has 0 spiro atoms. The standard InChI is InChI=1S/C7H9N3O3/c1-3(6(12)13)4-2-5(11)10-7(8)9-4/h2-3H,1H3,(H,12,13)(H3,8,9,10,11)/p-1. The smallest absolute Gasteiger partial charge is 0.252 e. The molecule has 6 heteroatoms. The predicted octanol–water partition coefficient (Wildman–Crippen LogP) is -1.79. The Morgan fingerprint density at radius 1 is 1.77 bits per heavy atom. The van der Waals surface area contributed by atoms with Crippen LogP contribution in [0, 0.1) is 0 Å². The Morgan fingerprint density at radius 3 is 2.85 bits per heavy atom. The summed E-state index contributed by atoms with van der Waals surface area (Å²) in [5.41, 5.74) is 4.84. The second-order valence-electron chi connectivity index (χ2n) is 2.60. The Balaban J connectivity index is 3.15. The number of nitrogen functional groups attached to an aromatic ring is 1. The number of rotatable bonds is 2. The number of H-pyrrole nitrogens is 1. The van der Waals surface area contributed by atoms with Gasteiger partial charge in [-0.2, -0.15) is 0 Å². The monoisotopic (exact) mass is 182 g/mol. The highest BCUT2D eigenvalue weighted by atomic mass is 16.4. The fraction of sp³-hybridized carbons (Fsp3) is 0.286. The van der Waals surface area contributed by atoms with Crippen LogP contribution in [0.4, 0.5) is 5.95 Å². The van der Waals surface area contributed by atoms with Gasteiger partial charge >= 0.3 is 0 Å². The van der Waals surface area contributed by atoms with Gasteiger partial charge in [0.25, 0.3) is 5.56 Å². The van der Waals surface area contributed by atoms with Crippen molar-refractivity contribution in [1.29, 1.82) is 0 Å². The Morgan fingerprint density at radius 2 is 2.38 bits per heavy atom. The zero-order valence-electron chi connectivity index (χ0n) is 6.90. The Hall–Kier alpha value is -1.85. The van der Waals surface area contributed by atoms with Gasteiger partial charge in [-0.25, -0.2) is 4.98 Å². The number of aromatic nitrogens is 2. The van der Waals surface area contributed by atoms with Crippen LogP contribution in [0.25, 0.3) is 0 Å². The molecule has 3 N–H and O–H groups in total. The van der Waals surface area contributed by atoms with Gasteiger partial charge in [0.1, 0.15) is 0 Å². The van der Waals surface area contributed by atoms with Crippen molar-refractivity contribution >= 4 is 11.9 Å². The maximum Gasteiger partial charge on any atom is 0.252 e. The molecule has 1 heterocycles. The molecule has 1 aromatic heterocycles. The highest BCUT2D eigenvalue weighted by Crippen LogP contribution is 2.09. The number of hydrogen-bond donors (Lipinski definition) is 2. The van der Waals surface area contributed by atoms with Crippen LogP contribution in [0.1, 0.15) is 18.5 Å². The second-order valence-corrected chi connectivity index (χ2v) is 2.60. The first-order valence-electron chi connectivity index (χ1n) is 3.58. The number of anilines is 1. The van der Waals surface area contributed by atoms with Crippen molar-refractivity contribution < 1.29 is 9.90 Å². The molecule has 1 atom stereocenters. The fourth-order valence-electron chi connectivity index (χ4n) is 0.839. The molecule has 0 fully saturated rings. The molecule has 0 radical (unpaired) electrons. The van der Waals surface area contributed by atoms with Crippen LogP contribution in [0.5, 0.6) is 0 Å². The van der Waals surface area contributed by atoms with E-state index in [1.165, 1.54) is 6.92 Å². The van der Waals surface area contributed by atoms with E-state index in [9.17, 15) is 14.7 Å². The van der Waals surface area contributed by atoms with Crippen molar-refractivity contribution in [1.82, 2.24) is 9.97 Å². The number of hydrogen-bond acceptors (Lipinski definition) is 5. The first-order valence-corrected chi connectivity index (χ1v) is 3.58.